The Morgan fingerprint density at radius 2 is 1.59 bits per heavy atom. The van der Waals surface area contributed by atoms with Crippen molar-refractivity contribution in [3.05, 3.63) is 70.8 Å². The normalized spacial score (nSPS) is 11.3. The van der Waals surface area contributed by atoms with Gasteiger partial charge in [0.05, 0.1) is 6.10 Å². The minimum Gasteiger partial charge on any atom is -0.464 e. The maximum atomic E-state index is 11.7. The molecule has 32 heavy (non-hydrogen) atoms. The highest BCUT2D eigenvalue weighted by Gasteiger charge is 2.11. The molecule has 2 rings (SSSR count). The second-order valence-electron chi connectivity index (χ2n) is 7.24. The molecule has 1 atom stereocenters. The zero-order valence-corrected chi connectivity index (χ0v) is 18.0. The molecule has 0 heterocycles. The zero-order chi connectivity index (χ0) is 23.3. The predicted octanol–water partition coefficient (Wildman–Crippen LogP) is 3.02. The van der Waals surface area contributed by atoms with E-state index in [9.17, 15) is 14.7 Å². The van der Waals surface area contributed by atoms with Gasteiger partial charge in [0.15, 0.2) is 0 Å². The van der Waals surface area contributed by atoms with E-state index in [4.69, 9.17) is 20.3 Å². The van der Waals surface area contributed by atoms with Crippen molar-refractivity contribution in [1.29, 1.82) is 10.8 Å². The van der Waals surface area contributed by atoms with E-state index in [2.05, 4.69) is 4.74 Å². The van der Waals surface area contributed by atoms with Crippen molar-refractivity contribution >= 4 is 24.2 Å². The van der Waals surface area contributed by atoms with Crippen LogP contribution in [0.4, 0.5) is 0 Å². The largest absolute Gasteiger partial charge is 0.464 e. The van der Waals surface area contributed by atoms with Crippen molar-refractivity contribution in [2.24, 2.45) is 0 Å². The van der Waals surface area contributed by atoms with E-state index in [0.29, 0.717) is 36.9 Å². The van der Waals surface area contributed by atoms with Gasteiger partial charge in [-0.1, -0.05) is 24.3 Å². The molecule has 0 aromatic heterocycles. The Labute approximate surface area is 187 Å². The Hall–Kier alpha value is -3.52. The lowest BCUT2D eigenvalue weighted by Crippen LogP contribution is -2.14. The molecule has 3 N–H and O–H groups in total. The zero-order valence-electron chi connectivity index (χ0n) is 18.0. The summed E-state index contributed by atoms with van der Waals surface area (Å²) in [5.41, 5.74) is 2.85. The number of aryl methyl sites for hydroxylation is 2. The number of esters is 1. The lowest BCUT2D eigenvalue weighted by Gasteiger charge is -2.11. The van der Waals surface area contributed by atoms with Crippen LogP contribution in [0.2, 0.25) is 0 Å². The van der Waals surface area contributed by atoms with Gasteiger partial charge in [-0.15, -0.1) is 0 Å². The maximum absolute atomic E-state index is 11.7. The molecular weight excluding hydrogens is 412 g/mol. The molecule has 0 amide bonds. The number of hydrogen-bond donors (Lipinski definition) is 3. The summed E-state index contributed by atoms with van der Waals surface area (Å²) < 4.78 is 14.9. The SMILES string of the molecule is CC(O)CCc1cccc(C(=N)OC(=N)c2cccc(CCC(=O)OCCOC=O)c2)c1. The minimum absolute atomic E-state index is 0.0123. The topological polar surface area (TPSA) is 130 Å². The second-order valence-corrected chi connectivity index (χ2v) is 7.24. The average Bonchev–Trinajstić information content (AvgIpc) is 2.79. The van der Waals surface area contributed by atoms with Gasteiger partial charge in [-0.3, -0.25) is 20.4 Å². The summed E-state index contributed by atoms with van der Waals surface area (Å²) in [7, 11) is 0. The van der Waals surface area contributed by atoms with Crippen LogP contribution in [0.15, 0.2) is 48.5 Å². The molecule has 8 nitrogen and oxygen atoms in total. The fraction of sp³-hybridized carbons (Fsp3) is 0.333. The number of hydrogen-bond acceptors (Lipinski definition) is 8. The number of rotatable bonds is 12. The molecule has 0 fully saturated rings. The van der Waals surface area contributed by atoms with E-state index in [1.807, 2.05) is 24.3 Å². The molecule has 0 radical (unpaired) electrons. The maximum Gasteiger partial charge on any atom is 0.306 e. The number of aliphatic hydroxyl groups is 1. The van der Waals surface area contributed by atoms with E-state index in [1.165, 1.54) is 0 Å². The molecule has 2 aromatic rings. The molecule has 170 valence electrons. The number of aliphatic hydroxyl groups excluding tert-OH is 1. The van der Waals surface area contributed by atoms with Crippen LogP contribution in [0.25, 0.3) is 0 Å². The standard InChI is InChI=1S/C24H28N2O6/c1-17(28)8-9-18-4-2-6-20(14-18)23(25)32-24(26)21-7-3-5-19(15-21)10-11-22(29)31-13-12-30-16-27/h2-7,14-17,25-26,28H,8-13H2,1H3. The summed E-state index contributed by atoms with van der Waals surface area (Å²) in [6, 6.07) is 14.3. The molecule has 0 saturated heterocycles. The van der Waals surface area contributed by atoms with Crippen LogP contribution in [0.5, 0.6) is 0 Å². The number of nitrogens with one attached hydrogen (secondary N) is 2. The smallest absolute Gasteiger partial charge is 0.306 e. The summed E-state index contributed by atoms with van der Waals surface area (Å²) >= 11 is 0. The van der Waals surface area contributed by atoms with Crippen molar-refractivity contribution in [2.75, 3.05) is 13.2 Å². The minimum atomic E-state index is -0.409. The van der Waals surface area contributed by atoms with E-state index >= 15 is 0 Å². The Kier molecular flexibility index (Phi) is 10.1. The summed E-state index contributed by atoms with van der Waals surface area (Å²) in [5, 5.41) is 25.9. The van der Waals surface area contributed by atoms with Gasteiger partial charge in [-0.2, -0.15) is 0 Å². The van der Waals surface area contributed by atoms with Gasteiger partial charge >= 0.3 is 5.97 Å². The van der Waals surface area contributed by atoms with Crippen LogP contribution >= 0.6 is 0 Å². The first-order chi connectivity index (χ1) is 15.4. The predicted molar refractivity (Wildman–Crippen MR) is 119 cm³/mol. The summed E-state index contributed by atoms with van der Waals surface area (Å²) in [5.74, 6) is -0.714. The summed E-state index contributed by atoms with van der Waals surface area (Å²) in [6.07, 6.45) is 1.48. The lowest BCUT2D eigenvalue weighted by molar-refractivity contribution is -0.147. The van der Waals surface area contributed by atoms with Gasteiger partial charge in [-0.05, 0) is 61.6 Å². The Bertz CT molecular complexity index is 942. The van der Waals surface area contributed by atoms with Gasteiger partial charge in [0.25, 0.3) is 6.47 Å². The molecule has 2 aromatic carbocycles. The Morgan fingerprint density at radius 3 is 2.16 bits per heavy atom. The van der Waals surface area contributed by atoms with E-state index < -0.39 is 12.1 Å². The second kappa shape index (κ2) is 13.0. The summed E-state index contributed by atoms with van der Waals surface area (Å²) in [4.78, 5) is 21.8. The van der Waals surface area contributed by atoms with Gasteiger partial charge < -0.3 is 19.3 Å². The van der Waals surface area contributed by atoms with E-state index in [0.717, 1.165) is 11.1 Å². The van der Waals surface area contributed by atoms with Crippen molar-refractivity contribution in [3.63, 3.8) is 0 Å². The first kappa shape index (κ1) is 24.7. The third kappa shape index (κ3) is 8.69. The third-order valence-electron chi connectivity index (χ3n) is 4.58. The van der Waals surface area contributed by atoms with E-state index in [-0.39, 0.29) is 31.4 Å². The Balaban J connectivity index is 1.90. The van der Waals surface area contributed by atoms with Crippen LogP contribution in [0.1, 0.15) is 42.0 Å². The molecule has 0 aliphatic heterocycles. The molecule has 0 spiro atoms. The number of carbonyl (C=O) groups is 2. The molecule has 0 aliphatic rings. The number of ether oxygens (including phenoxy) is 3. The third-order valence-corrected chi connectivity index (χ3v) is 4.58. The highest BCUT2D eigenvalue weighted by atomic mass is 16.6. The fourth-order valence-corrected chi connectivity index (χ4v) is 2.90. The van der Waals surface area contributed by atoms with Crippen LogP contribution < -0.4 is 0 Å². The monoisotopic (exact) mass is 440 g/mol. The van der Waals surface area contributed by atoms with Crippen LogP contribution in [-0.2, 0) is 36.6 Å². The van der Waals surface area contributed by atoms with Crippen molar-refractivity contribution in [1.82, 2.24) is 0 Å². The molecule has 0 bridgehead atoms. The number of benzene rings is 2. The fourth-order valence-electron chi connectivity index (χ4n) is 2.90. The molecule has 8 heteroatoms. The van der Waals surface area contributed by atoms with Crippen LogP contribution in [0.3, 0.4) is 0 Å². The summed E-state index contributed by atoms with van der Waals surface area (Å²) in [6.45, 7) is 2.07. The molecular formula is C24H28N2O6. The first-order valence-corrected chi connectivity index (χ1v) is 10.3. The van der Waals surface area contributed by atoms with E-state index in [1.54, 1.807) is 31.2 Å². The van der Waals surface area contributed by atoms with Crippen LogP contribution in [0, 0.1) is 10.8 Å². The Morgan fingerprint density at radius 1 is 1.00 bits per heavy atom. The van der Waals surface area contributed by atoms with Crippen molar-refractivity contribution in [3.8, 4) is 0 Å². The van der Waals surface area contributed by atoms with Crippen molar-refractivity contribution < 1.29 is 28.9 Å². The highest BCUT2D eigenvalue weighted by molar-refractivity contribution is 6.04. The molecule has 0 aliphatic carbocycles. The first-order valence-electron chi connectivity index (χ1n) is 10.3. The quantitative estimate of drug-likeness (QED) is 0.153. The number of carbonyl (C=O) groups excluding carboxylic acids is 2. The van der Waals surface area contributed by atoms with Gasteiger partial charge in [0.2, 0.25) is 11.8 Å². The van der Waals surface area contributed by atoms with Gasteiger partial charge in [-0.25, -0.2) is 0 Å². The highest BCUT2D eigenvalue weighted by Crippen LogP contribution is 2.13. The molecule has 0 saturated carbocycles. The van der Waals surface area contributed by atoms with Gasteiger partial charge in [0, 0.05) is 17.5 Å². The van der Waals surface area contributed by atoms with Crippen molar-refractivity contribution in [2.45, 2.75) is 38.7 Å². The van der Waals surface area contributed by atoms with Gasteiger partial charge in [0.1, 0.15) is 13.2 Å². The average molecular weight is 440 g/mol. The lowest BCUT2D eigenvalue weighted by atomic mass is 10.0. The van der Waals surface area contributed by atoms with Crippen LogP contribution in [-0.4, -0.2) is 48.7 Å². The molecule has 1 unspecified atom stereocenters.